The van der Waals surface area contributed by atoms with Crippen LogP contribution in [0.25, 0.3) is 0 Å². The molecule has 0 radical (unpaired) electrons. The van der Waals surface area contributed by atoms with Crippen LogP contribution in [0.15, 0.2) is 42.5 Å². The molecule has 1 atom stereocenters. The molecule has 1 N–H and O–H groups in total. The second-order valence-corrected chi connectivity index (χ2v) is 9.60. The quantitative estimate of drug-likeness (QED) is 0.413. The molecule has 1 saturated carbocycles. The molecule has 8 heteroatoms. The number of carbonyl (C=O) groups excluding carboxylic acids is 2. The van der Waals surface area contributed by atoms with Crippen LogP contribution in [0.4, 0.5) is 0 Å². The molecule has 2 aromatic rings. The van der Waals surface area contributed by atoms with Crippen molar-refractivity contribution in [3.63, 3.8) is 0 Å². The fraction of sp³-hybridized carbons (Fsp3) is 0.500. The van der Waals surface area contributed by atoms with Crippen molar-refractivity contribution < 1.29 is 23.8 Å². The van der Waals surface area contributed by atoms with Crippen LogP contribution in [-0.4, -0.2) is 49.0 Å². The minimum Gasteiger partial charge on any atom is -0.497 e. The number of rotatable bonds is 11. The molecule has 1 aliphatic carbocycles. The molecule has 2 amide bonds. The van der Waals surface area contributed by atoms with Gasteiger partial charge < -0.3 is 24.4 Å². The normalized spacial score (nSPS) is 14.7. The van der Waals surface area contributed by atoms with E-state index in [1.807, 2.05) is 44.2 Å². The molecule has 0 saturated heterocycles. The van der Waals surface area contributed by atoms with Crippen LogP contribution in [0.2, 0.25) is 0 Å². The van der Waals surface area contributed by atoms with Crippen molar-refractivity contribution in [2.24, 2.45) is 0 Å². The minimum absolute atomic E-state index is 0.0440. The number of alkyl halides is 1. The Morgan fingerprint density at radius 3 is 2.42 bits per heavy atom. The third kappa shape index (κ3) is 7.29. The summed E-state index contributed by atoms with van der Waals surface area (Å²) < 4.78 is 16.8. The van der Waals surface area contributed by atoms with Gasteiger partial charge in [0.25, 0.3) is 0 Å². The molecule has 0 unspecified atom stereocenters. The molecule has 7 nitrogen and oxygen atoms in total. The van der Waals surface area contributed by atoms with Gasteiger partial charge in [0, 0.05) is 12.6 Å². The van der Waals surface area contributed by atoms with E-state index >= 15 is 0 Å². The summed E-state index contributed by atoms with van der Waals surface area (Å²) in [4.78, 5) is 28.5. The van der Waals surface area contributed by atoms with Crippen molar-refractivity contribution in [1.82, 2.24) is 10.2 Å². The maximum Gasteiger partial charge on any atom is 0.247 e. The highest BCUT2D eigenvalue weighted by atomic mass is 35.5. The van der Waals surface area contributed by atoms with E-state index < -0.39 is 6.04 Å². The van der Waals surface area contributed by atoms with Crippen molar-refractivity contribution >= 4 is 23.4 Å². The highest BCUT2D eigenvalue weighted by molar-refractivity contribution is 6.27. The smallest absolute Gasteiger partial charge is 0.247 e. The molecular weight excluding hydrogens is 480 g/mol. The Kier molecular flexibility index (Phi) is 10.3. The second-order valence-electron chi connectivity index (χ2n) is 9.33. The highest BCUT2D eigenvalue weighted by Crippen LogP contribution is 2.34. The van der Waals surface area contributed by atoms with Crippen molar-refractivity contribution in [3.05, 3.63) is 53.6 Å². The van der Waals surface area contributed by atoms with E-state index in [1.54, 1.807) is 26.4 Å². The summed E-state index contributed by atoms with van der Waals surface area (Å²) in [5.41, 5.74) is 1.45. The molecule has 0 heterocycles. The fourth-order valence-electron chi connectivity index (χ4n) is 4.57. The summed E-state index contributed by atoms with van der Waals surface area (Å²) >= 11 is 6.05. The van der Waals surface area contributed by atoms with Crippen LogP contribution < -0.4 is 19.5 Å². The Morgan fingerprint density at radius 1 is 1.03 bits per heavy atom. The number of nitrogens with zero attached hydrogens (tertiary/aromatic N) is 1. The third-order valence-corrected chi connectivity index (χ3v) is 6.53. The van der Waals surface area contributed by atoms with Crippen LogP contribution in [0, 0.1) is 0 Å². The van der Waals surface area contributed by atoms with Gasteiger partial charge in [0.15, 0.2) is 11.5 Å². The summed E-state index contributed by atoms with van der Waals surface area (Å²) in [5, 5.41) is 3.20. The molecule has 1 fully saturated rings. The lowest BCUT2D eigenvalue weighted by molar-refractivity contribution is -0.140. The van der Waals surface area contributed by atoms with Crippen LogP contribution >= 0.6 is 11.6 Å². The molecule has 0 aliphatic heterocycles. The van der Waals surface area contributed by atoms with Gasteiger partial charge in [-0.2, -0.15) is 0 Å². The number of ether oxygens (including phenoxy) is 3. The molecule has 196 valence electrons. The first-order chi connectivity index (χ1) is 17.4. The van der Waals surface area contributed by atoms with Crippen LogP contribution in [-0.2, 0) is 16.1 Å². The summed E-state index contributed by atoms with van der Waals surface area (Å²) in [6.07, 6.45) is 5.16. The lowest BCUT2D eigenvalue weighted by atomic mass is 9.94. The van der Waals surface area contributed by atoms with Crippen LogP contribution in [0.1, 0.15) is 63.1 Å². The Morgan fingerprint density at radius 2 is 1.78 bits per heavy atom. The largest absolute Gasteiger partial charge is 0.497 e. The van der Waals surface area contributed by atoms with E-state index in [4.69, 9.17) is 25.8 Å². The van der Waals surface area contributed by atoms with E-state index in [2.05, 4.69) is 5.32 Å². The average Bonchev–Trinajstić information content (AvgIpc) is 2.88. The van der Waals surface area contributed by atoms with Crippen molar-refractivity contribution in [2.45, 2.75) is 70.7 Å². The number of amides is 2. The number of benzene rings is 2. The SMILES string of the molecule is COc1cccc(CN(C(=O)CCl)[C@H](C(=O)NC2CCCCC2)c2ccc(OC(C)C)c(OC)c2)c1. The zero-order valence-corrected chi connectivity index (χ0v) is 22.3. The molecule has 2 aromatic carbocycles. The first-order valence-corrected chi connectivity index (χ1v) is 13.0. The van der Waals surface area contributed by atoms with E-state index in [-0.39, 0.29) is 36.4 Å². The Balaban J connectivity index is 2.03. The summed E-state index contributed by atoms with van der Waals surface area (Å²) in [6, 6.07) is 12.0. The summed E-state index contributed by atoms with van der Waals surface area (Å²) in [5.74, 6) is 0.920. The number of halogens is 1. The number of carbonyl (C=O) groups is 2. The van der Waals surface area contributed by atoms with Gasteiger partial charge in [-0.25, -0.2) is 0 Å². The van der Waals surface area contributed by atoms with Gasteiger partial charge in [-0.1, -0.05) is 37.5 Å². The summed E-state index contributed by atoms with van der Waals surface area (Å²) in [6.45, 7) is 4.06. The third-order valence-electron chi connectivity index (χ3n) is 6.30. The maximum absolute atomic E-state index is 13.8. The predicted octanol–water partition coefficient (Wildman–Crippen LogP) is 5.25. The van der Waals surface area contributed by atoms with Gasteiger partial charge in [-0.05, 0) is 62.1 Å². The minimum atomic E-state index is -0.897. The molecule has 36 heavy (non-hydrogen) atoms. The lowest BCUT2D eigenvalue weighted by Crippen LogP contribution is -2.47. The topological polar surface area (TPSA) is 77.1 Å². The molecule has 1 aliphatic rings. The van der Waals surface area contributed by atoms with E-state index in [0.717, 1.165) is 31.2 Å². The van der Waals surface area contributed by atoms with Crippen LogP contribution in [0.3, 0.4) is 0 Å². The highest BCUT2D eigenvalue weighted by Gasteiger charge is 2.33. The number of hydrogen-bond donors (Lipinski definition) is 1. The first kappa shape index (κ1) is 27.7. The maximum atomic E-state index is 13.8. The number of hydrogen-bond acceptors (Lipinski definition) is 5. The van der Waals surface area contributed by atoms with Gasteiger partial charge >= 0.3 is 0 Å². The van der Waals surface area contributed by atoms with Crippen molar-refractivity contribution in [3.8, 4) is 17.2 Å². The fourth-order valence-corrected chi connectivity index (χ4v) is 4.73. The van der Waals surface area contributed by atoms with Gasteiger partial charge in [-0.3, -0.25) is 9.59 Å². The number of nitrogens with one attached hydrogen (secondary N) is 1. The van der Waals surface area contributed by atoms with E-state index in [1.165, 1.54) is 11.3 Å². The van der Waals surface area contributed by atoms with Crippen LogP contribution in [0.5, 0.6) is 17.2 Å². The zero-order valence-electron chi connectivity index (χ0n) is 21.6. The van der Waals surface area contributed by atoms with Crippen molar-refractivity contribution in [2.75, 3.05) is 20.1 Å². The van der Waals surface area contributed by atoms with Gasteiger partial charge in [0.05, 0.1) is 20.3 Å². The Bertz CT molecular complexity index is 1020. The Labute approximate surface area is 219 Å². The monoisotopic (exact) mass is 516 g/mol. The van der Waals surface area contributed by atoms with Gasteiger partial charge in [0.2, 0.25) is 11.8 Å². The second kappa shape index (κ2) is 13.4. The Hall–Kier alpha value is -2.93. The van der Waals surface area contributed by atoms with E-state index in [9.17, 15) is 9.59 Å². The molecule has 0 bridgehead atoms. The molecule has 0 spiro atoms. The number of methoxy groups -OCH3 is 2. The van der Waals surface area contributed by atoms with Gasteiger partial charge in [0.1, 0.15) is 17.7 Å². The van der Waals surface area contributed by atoms with E-state index in [0.29, 0.717) is 22.8 Å². The molecule has 3 rings (SSSR count). The molecular formula is C28H37ClN2O5. The molecule has 0 aromatic heterocycles. The first-order valence-electron chi connectivity index (χ1n) is 12.5. The summed E-state index contributed by atoms with van der Waals surface area (Å²) in [7, 11) is 3.15. The zero-order chi connectivity index (χ0) is 26.1. The van der Waals surface area contributed by atoms with Crippen molar-refractivity contribution in [1.29, 1.82) is 0 Å². The standard InChI is InChI=1S/C28H37ClN2O5/c1-19(2)36-24-14-13-21(16-25(24)35-4)27(28(33)30-22-10-6-5-7-11-22)31(26(32)17-29)18-20-9-8-12-23(15-20)34-3/h8-9,12-16,19,22,27H,5-7,10-11,17-18H2,1-4H3,(H,30,33)/t27-/m0/s1. The lowest BCUT2D eigenvalue weighted by Gasteiger charge is -2.33. The predicted molar refractivity (Wildman–Crippen MR) is 141 cm³/mol. The van der Waals surface area contributed by atoms with Gasteiger partial charge in [-0.15, -0.1) is 11.6 Å². The average molecular weight is 517 g/mol.